The van der Waals surface area contributed by atoms with Gasteiger partial charge < -0.3 is 19.5 Å². The zero-order valence-corrected chi connectivity index (χ0v) is 14.8. The average molecular weight is 348 g/mol. The van der Waals surface area contributed by atoms with Crippen LogP contribution in [0.3, 0.4) is 0 Å². The van der Waals surface area contributed by atoms with Crippen molar-refractivity contribution in [2.75, 3.05) is 31.1 Å². The summed E-state index contributed by atoms with van der Waals surface area (Å²) in [5, 5.41) is 3.72. The number of nitrogens with zero attached hydrogens (tertiary/aromatic N) is 2. The second kappa shape index (κ2) is 7.18. The molecule has 1 aliphatic heterocycles. The highest BCUT2D eigenvalue weighted by molar-refractivity contribution is 6.33. The molecule has 1 aliphatic rings. The molecule has 1 N–H and O–H groups in total. The first-order valence-corrected chi connectivity index (χ1v) is 8.50. The van der Waals surface area contributed by atoms with Gasteiger partial charge in [0.2, 0.25) is 0 Å². The molecular weight excluding hydrogens is 326 g/mol. The zero-order valence-electron chi connectivity index (χ0n) is 14.0. The van der Waals surface area contributed by atoms with E-state index in [9.17, 15) is 4.79 Å². The van der Waals surface area contributed by atoms with Crippen molar-refractivity contribution < 1.29 is 9.21 Å². The molecule has 128 valence electrons. The fraction of sp³-hybridized carbons (Fsp3) is 0.389. The van der Waals surface area contributed by atoms with Crippen LogP contribution in [0.25, 0.3) is 0 Å². The highest BCUT2D eigenvalue weighted by atomic mass is 35.5. The third kappa shape index (κ3) is 3.67. The lowest BCUT2D eigenvalue weighted by molar-refractivity contribution is 0.194. The van der Waals surface area contributed by atoms with Crippen LogP contribution in [0.2, 0.25) is 5.02 Å². The SMILES string of the molecule is Cc1cc(CNC(=O)N2CCN(c3ccccc3Cl)CC2)c(C)o1. The number of halogens is 1. The van der Waals surface area contributed by atoms with Gasteiger partial charge in [-0.1, -0.05) is 23.7 Å². The molecule has 6 heteroatoms. The molecule has 0 atom stereocenters. The van der Waals surface area contributed by atoms with Gasteiger partial charge in [0.25, 0.3) is 0 Å². The minimum absolute atomic E-state index is 0.0351. The van der Waals surface area contributed by atoms with E-state index in [1.54, 1.807) is 0 Å². The Balaban J connectivity index is 1.52. The van der Waals surface area contributed by atoms with Crippen molar-refractivity contribution in [2.45, 2.75) is 20.4 Å². The number of rotatable bonds is 3. The van der Waals surface area contributed by atoms with E-state index in [2.05, 4.69) is 10.2 Å². The third-order valence-electron chi connectivity index (χ3n) is 4.33. The van der Waals surface area contributed by atoms with Crippen LogP contribution in [0.1, 0.15) is 17.1 Å². The molecule has 2 aromatic rings. The number of carbonyl (C=O) groups excluding carboxylic acids is 1. The molecule has 0 spiro atoms. The fourth-order valence-corrected chi connectivity index (χ4v) is 3.26. The molecule has 2 heterocycles. The monoisotopic (exact) mass is 347 g/mol. The molecule has 0 bridgehead atoms. The Labute approximate surface area is 147 Å². The first-order valence-electron chi connectivity index (χ1n) is 8.13. The van der Waals surface area contributed by atoms with E-state index in [1.807, 2.05) is 49.1 Å². The number of carbonyl (C=O) groups is 1. The van der Waals surface area contributed by atoms with Crippen LogP contribution < -0.4 is 10.2 Å². The van der Waals surface area contributed by atoms with Gasteiger partial charge >= 0.3 is 6.03 Å². The molecule has 0 saturated carbocycles. The lowest BCUT2D eigenvalue weighted by Gasteiger charge is -2.36. The van der Waals surface area contributed by atoms with Gasteiger partial charge in [-0.3, -0.25) is 0 Å². The molecule has 0 aliphatic carbocycles. The maximum Gasteiger partial charge on any atom is 0.317 e. The van der Waals surface area contributed by atoms with E-state index in [1.165, 1.54) is 0 Å². The summed E-state index contributed by atoms with van der Waals surface area (Å²) in [6, 6.07) is 9.75. The minimum atomic E-state index is -0.0351. The molecule has 1 saturated heterocycles. The summed E-state index contributed by atoms with van der Waals surface area (Å²) in [5.74, 6) is 1.72. The Hall–Kier alpha value is -2.14. The van der Waals surface area contributed by atoms with Crippen molar-refractivity contribution in [3.63, 3.8) is 0 Å². The van der Waals surface area contributed by atoms with Crippen molar-refractivity contribution >= 4 is 23.3 Å². The largest absolute Gasteiger partial charge is 0.466 e. The van der Waals surface area contributed by atoms with Gasteiger partial charge in [-0.15, -0.1) is 0 Å². The van der Waals surface area contributed by atoms with E-state index < -0.39 is 0 Å². The maximum atomic E-state index is 12.3. The number of furan rings is 1. The van der Waals surface area contributed by atoms with Crippen LogP contribution in [0.5, 0.6) is 0 Å². The summed E-state index contributed by atoms with van der Waals surface area (Å²) < 4.78 is 5.48. The van der Waals surface area contributed by atoms with Crippen molar-refractivity contribution in [3.05, 3.63) is 52.4 Å². The van der Waals surface area contributed by atoms with Crippen LogP contribution in [0.4, 0.5) is 10.5 Å². The Morgan fingerprint density at radius 2 is 1.92 bits per heavy atom. The van der Waals surface area contributed by atoms with Crippen molar-refractivity contribution in [1.29, 1.82) is 0 Å². The molecule has 1 fully saturated rings. The number of amides is 2. The number of anilines is 1. The van der Waals surface area contributed by atoms with Gasteiger partial charge in [0.05, 0.1) is 10.7 Å². The van der Waals surface area contributed by atoms with Crippen molar-refractivity contribution in [2.24, 2.45) is 0 Å². The molecule has 2 amide bonds. The molecule has 1 aromatic carbocycles. The van der Waals surface area contributed by atoms with Gasteiger partial charge in [-0.25, -0.2) is 4.79 Å². The lowest BCUT2D eigenvalue weighted by atomic mass is 10.2. The van der Waals surface area contributed by atoms with Crippen LogP contribution in [0.15, 0.2) is 34.7 Å². The lowest BCUT2D eigenvalue weighted by Crippen LogP contribution is -2.51. The Kier molecular flexibility index (Phi) is 5.00. The van der Waals surface area contributed by atoms with Gasteiger partial charge in [0.1, 0.15) is 11.5 Å². The average Bonchev–Trinajstić information content (AvgIpc) is 2.91. The number of hydrogen-bond donors (Lipinski definition) is 1. The highest BCUT2D eigenvalue weighted by Gasteiger charge is 2.22. The van der Waals surface area contributed by atoms with E-state index >= 15 is 0 Å². The van der Waals surface area contributed by atoms with E-state index in [4.69, 9.17) is 16.0 Å². The second-order valence-electron chi connectivity index (χ2n) is 6.02. The Bertz CT molecular complexity index is 721. The number of aryl methyl sites for hydroxylation is 2. The normalized spacial score (nSPS) is 14.8. The summed E-state index contributed by atoms with van der Waals surface area (Å²) in [6.45, 7) is 7.23. The highest BCUT2D eigenvalue weighted by Crippen LogP contribution is 2.26. The fourth-order valence-electron chi connectivity index (χ4n) is 3.00. The molecule has 1 aromatic heterocycles. The zero-order chi connectivity index (χ0) is 17.1. The van der Waals surface area contributed by atoms with E-state index in [0.717, 1.165) is 40.9 Å². The Morgan fingerprint density at radius 1 is 1.21 bits per heavy atom. The Morgan fingerprint density at radius 3 is 2.54 bits per heavy atom. The summed E-state index contributed by atoms with van der Waals surface area (Å²) in [7, 11) is 0. The van der Waals surface area contributed by atoms with Crippen molar-refractivity contribution in [1.82, 2.24) is 10.2 Å². The van der Waals surface area contributed by atoms with Crippen LogP contribution in [-0.4, -0.2) is 37.1 Å². The summed E-state index contributed by atoms with van der Waals surface area (Å²) in [5.41, 5.74) is 2.05. The standard InChI is InChI=1S/C18H22ClN3O2/c1-13-11-15(14(2)24-13)12-20-18(23)22-9-7-21(8-10-22)17-6-4-3-5-16(17)19/h3-6,11H,7-10,12H2,1-2H3,(H,20,23). The molecular formula is C18H22ClN3O2. The molecule has 0 unspecified atom stereocenters. The maximum absolute atomic E-state index is 12.3. The van der Waals surface area contributed by atoms with Crippen LogP contribution in [0, 0.1) is 13.8 Å². The van der Waals surface area contributed by atoms with Crippen molar-refractivity contribution in [3.8, 4) is 0 Å². The predicted octanol–water partition coefficient (Wildman–Crippen LogP) is 3.58. The number of nitrogens with one attached hydrogen (secondary N) is 1. The summed E-state index contributed by atoms with van der Waals surface area (Å²) in [6.07, 6.45) is 0. The number of hydrogen-bond acceptors (Lipinski definition) is 3. The second-order valence-corrected chi connectivity index (χ2v) is 6.43. The number of para-hydroxylation sites is 1. The van der Waals surface area contributed by atoms with Gasteiger partial charge in [-0.05, 0) is 32.0 Å². The number of urea groups is 1. The van der Waals surface area contributed by atoms with Crippen LogP contribution in [-0.2, 0) is 6.54 Å². The number of piperazine rings is 1. The quantitative estimate of drug-likeness (QED) is 0.923. The minimum Gasteiger partial charge on any atom is -0.466 e. The van der Waals surface area contributed by atoms with Crippen LogP contribution >= 0.6 is 11.6 Å². The molecule has 3 rings (SSSR count). The summed E-state index contributed by atoms with van der Waals surface area (Å²) >= 11 is 6.25. The molecule has 0 radical (unpaired) electrons. The number of benzene rings is 1. The predicted molar refractivity (Wildman–Crippen MR) is 95.7 cm³/mol. The first-order chi connectivity index (χ1) is 11.5. The smallest absolute Gasteiger partial charge is 0.317 e. The molecule has 24 heavy (non-hydrogen) atoms. The van der Waals surface area contributed by atoms with E-state index in [0.29, 0.717) is 19.6 Å². The van der Waals surface area contributed by atoms with E-state index in [-0.39, 0.29) is 6.03 Å². The van der Waals surface area contributed by atoms with Gasteiger partial charge in [0.15, 0.2) is 0 Å². The topological polar surface area (TPSA) is 48.7 Å². The molecule has 5 nitrogen and oxygen atoms in total. The third-order valence-corrected chi connectivity index (χ3v) is 4.65. The summed E-state index contributed by atoms with van der Waals surface area (Å²) in [4.78, 5) is 16.4. The van der Waals surface area contributed by atoms with Gasteiger partial charge in [0, 0.05) is 38.3 Å². The van der Waals surface area contributed by atoms with Gasteiger partial charge in [-0.2, -0.15) is 0 Å². The first kappa shape index (κ1) is 16.7.